The number of aromatic nitrogens is 3. The summed E-state index contributed by atoms with van der Waals surface area (Å²) in [4.78, 5) is 37.6. The monoisotopic (exact) mass is 631 g/mol. The first-order valence-electron chi connectivity index (χ1n) is 12.2. The number of alkyl halides is 2. The van der Waals surface area contributed by atoms with Crippen molar-refractivity contribution in [2.45, 2.75) is 55.0 Å². The molecule has 0 unspecified atom stereocenters. The predicted molar refractivity (Wildman–Crippen MR) is 142 cm³/mol. The Labute approximate surface area is 240 Å². The van der Waals surface area contributed by atoms with Crippen molar-refractivity contribution in [1.29, 1.82) is 0 Å². The van der Waals surface area contributed by atoms with E-state index in [2.05, 4.69) is 15.1 Å². The Morgan fingerprint density at radius 1 is 1.17 bits per heavy atom. The van der Waals surface area contributed by atoms with Crippen molar-refractivity contribution >= 4 is 39.1 Å². The van der Waals surface area contributed by atoms with Gasteiger partial charge in [-0.15, -0.1) is 0 Å². The quantitative estimate of drug-likeness (QED) is 0.279. The molecule has 2 fully saturated rings. The first-order valence-corrected chi connectivity index (χ1v) is 14.4. The number of rotatable bonds is 9. The Bertz CT molecular complexity index is 1750. The number of nitrogens with zero attached hydrogens (tertiary/aromatic N) is 2. The maximum Gasteiger partial charge on any atom is 0.349 e. The van der Waals surface area contributed by atoms with Crippen LogP contribution < -0.4 is 26.0 Å². The maximum atomic E-state index is 13.2. The molecule has 2 aliphatic carbocycles. The van der Waals surface area contributed by atoms with Gasteiger partial charge in [0.2, 0.25) is 15.9 Å². The first-order chi connectivity index (χ1) is 19.3. The zero-order valence-electron chi connectivity index (χ0n) is 20.8. The van der Waals surface area contributed by atoms with E-state index in [1.165, 1.54) is 6.07 Å². The van der Waals surface area contributed by atoms with Gasteiger partial charge in [-0.2, -0.15) is 14.5 Å². The van der Waals surface area contributed by atoms with Gasteiger partial charge in [-0.3, -0.25) is 14.6 Å². The SMILES string of the molecule is O=C(NC1CCC1)C1(NS(=O)(=O)c2cc(Oc3c(Cl)cc(-n4nc(C(F)F)c(=O)[nH]c4=O)cc3Cl)ccc2O)CC1. The summed E-state index contributed by atoms with van der Waals surface area (Å²) in [6, 6.07) is 5.50. The summed E-state index contributed by atoms with van der Waals surface area (Å²) in [5, 5.41) is 16.1. The van der Waals surface area contributed by atoms with Crippen LogP contribution in [-0.4, -0.2) is 45.8 Å². The minimum atomic E-state index is -4.40. The lowest BCUT2D eigenvalue weighted by Gasteiger charge is -2.28. The molecule has 0 bridgehead atoms. The van der Waals surface area contributed by atoms with Crippen molar-refractivity contribution in [2.75, 3.05) is 0 Å². The van der Waals surface area contributed by atoms with Crippen LogP contribution in [0.5, 0.6) is 17.2 Å². The van der Waals surface area contributed by atoms with Crippen molar-refractivity contribution in [3.63, 3.8) is 0 Å². The number of aromatic amines is 1. The number of phenols is 1. The van der Waals surface area contributed by atoms with Crippen LogP contribution in [0.25, 0.3) is 5.69 Å². The second-order valence-corrected chi connectivity index (χ2v) is 12.1. The summed E-state index contributed by atoms with van der Waals surface area (Å²) >= 11 is 12.5. The molecule has 2 aromatic carbocycles. The second kappa shape index (κ2) is 10.7. The van der Waals surface area contributed by atoms with E-state index in [0.717, 1.165) is 43.5 Å². The predicted octanol–water partition coefficient (Wildman–Crippen LogP) is 3.14. The Hall–Kier alpha value is -3.53. The average molecular weight is 632 g/mol. The van der Waals surface area contributed by atoms with E-state index in [1.807, 2.05) is 0 Å². The molecule has 12 nitrogen and oxygen atoms in total. The summed E-state index contributed by atoms with van der Waals surface area (Å²) in [5.41, 5.74) is -5.16. The van der Waals surface area contributed by atoms with Crippen LogP contribution in [-0.2, 0) is 14.8 Å². The molecular weight excluding hydrogens is 611 g/mol. The number of hydrogen-bond donors (Lipinski definition) is 4. The van der Waals surface area contributed by atoms with Crippen molar-refractivity contribution in [3.8, 4) is 22.9 Å². The van der Waals surface area contributed by atoms with Gasteiger partial charge in [0.05, 0.1) is 15.7 Å². The molecular formula is C24H21Cl2F2N5O7S. The number of aromatic hydroxyl groups is 1. The average Bonchev–Trinajstić information content (AvgIpc) is 3.64. The third-order valence-electron chi connectivity index (χ3n) is 6.68. The lowest BCUT2D eigenvalue weighted by atomic mass is 9.93. The number of sulfonamides is 1. The molecule has 17 heteroatoms. The molecule has 1 aromatic heterocycles. The lowest BCUT2D eigenvalue weighted by molar-refractivity contribution is -0.124. The molecule has 1 heterocycles. The summed E-state index contributed by atoms with van der Waals surface area (Å²) in [6.07, 6.45) is -0.0220. The van der Waals surface area contributed by atoms with Crippen LogP contribution in [0, 0.1) is 0 Å². The molecule has 0 radical (unpaired) electrons. The largest absolute Gasteiger partial charge is 0.507 e. The fourth-order valence-corrected chi connectivity index (χ4v) is 6.17. The van der Waals surface area contributed by atoms with Gasteiger partial charge in [-0.1, -0.05) is 23.2 Å². The number of ether oxygens (including phenoxy) is 1. The number of nitrogens with one attached hydrogen (secondary N) is 3. The molecule has 218 valence electrons. The molecule has 0 atom stereocenters. The minimum absolute atomic E-state index is 0.0143. The number of halogens is 4. The topological polar surface area (TPSA) is 172 Å². The van der Waals surface area contributed by atoms with Crippen molar-refractivity contribution in [3.05, 3.63) is 66.9 Å². The third-order valence-corrected chi connectivity index (χ3v) is 8.81. The summed E-state index contributed by atoms with van der Waals surface area (Å²) in [5.74, 6) is -1.36. The molecule has 1 amide bonds. The van der Waals surface area contributed by atoms with Gasteiger partial charge in [0, 0.05) is 12.1 Å². The van der Waals surface area contributed by atoms with Gasteiger partial charge in [0.25, 0.3) is 12.0 Å². The summed E-state index contributed by atoms with van der Waals surface area (Å²) < 4.78 is 61.1. The normalized spacial score (nSPS) is 16.3. The molecule has 4 N–H and O–H groups in total. The lowest BCUT2D eigenvalue weighted by Crippen LogP contribution is -2.52. The second-order valence-electron chi connectivity index (χ2n) is 9.62. The van der Waals surface area contributed by atoms with Crippen molar-refractivity contribution in [1.82, 2.24) is 24.8 Å². The van der Waals surface area contributed by atoms with Gasteiger partial charge in [0.15, 0.2) is 11.4 Å². The van der Waals surface area contributed by atoms with E-state index in [-0.39, 0.29) is 33.3 Å². The number of carbonyl (C=O) groups is 1. The molecule has 2 aliphatic rings. The summed E-state index contributed by atoms with van der Waals surface area (Å²) in [6.45, 7) is 0. The first kappa shape index (κ1) is 29.0. The number of phenolic OH excluding ortho intramolecular Hbond substituents is 1. The van der Waals surface area contributed by atoms with Gasteiger partial charge in [-0.05, 0) is 56.4 Å². The van der Waals surface area contributed by atoms with E-state index < -0.39 is 55.5 Å². The van der Waals surface area contributed by atoms with E-state index in [4.69, 9.17) is 27.9 Å². The standard InChI is InChI=1S/C24H21Cl2F2N5O7S/c25-14-8-12(33-23(37)30-21(35)18(31-33)20(27)28)9-15(26)19(14)40-13-4-5-16(34)17(10-13)41(38,39)32-24(6-7-24)22(36)29-11-2-1-3-11/h4-5,8-11,20,32,34H,1-3,6-7H2,(H,29,36)(H,30,35,37). The molecule has 3 aromatic rings. The van der Waals surface area contributed by atoms with E-state index in [0.29, 0.717) is 17.5 Å². The molecule has 0 saturated heterocycles. The number of hydrogen-bond acceptors (Lipinski definition) is 8. The summed E-state index contributed by atoms with van der Waals surface area (Å²) in [7, 11) is -4.40. The molecule has 5 rings (SSSR count). The number of H-pyrrole nitrogens is 1. The Morgan fingerprint density at radius 3 is 2.39 bits per heavy atom. The van der Waals surface area contributed by atoms with Gasteiger partial charge >= 0.3 is 5.69 Å². The van der Waals surface area contributed by atoms with Crippen molar-refractivity contribution < 1.29 is 31.8 Å². The van der Waals surface area contributed by atoms with Crippen LogP contribution in [0.2, 0.25) is 10.0 Å². The highest BCUT2D eigenvalue weighted by atomic mass is 35.5. The van der Waals surface area contributed by atoms with Gasteiger partial charge in [0.1, 0.15) is 21.9 Å². The third kappa shape index (κ3) is 5.80. The Kier molecular flexibility index (Phi) is 7.57. The zero-order valence-corrected chi connectivity index (χ0v) is 23.1. The molecule has 2 saturated carbocycles. The van der Waals surface area contributed by atoms with Crippen molar-refractivity contribution in [2.24, 2.45) is 0 Å². The van der Waals surface area contributed by atoms with Crippen LogP contribution >= 0.6 is 23.2 Å². The molecule has 0 aliphatic heterocycles. The fourth-order valence-electron chi connectivity index (χ4n) is 4.08. The number of benzene rings is 2. The number of amides is 1. The minimum Gasteiger partial charge on any atom is -0.507 e. The van der Waals surface area contributed by atoms with E-state index in [9.17, 15) is 36.7 Å². The Balaban J connectivity index is 1.41. The fraction of sp³-hybridized carbons (Fsp3) is 0.333. The van der Waals surface area contributed by atoms with Crippen LogP contribution in [0.1, 0.15) is 44.2 Å². The van der Waals surface area contributed by atoms with Crippen LogP contribution in [0.15, 0.2) is 44.8 Å². The molecule has 0 spiro atoms. The van der Waals surface area contributed by atoms with E-state index in [1.54, 1.807) is 4.98 Å². The Morgan fingerprint density at radius 2 is 1.83 bits per heavy atom. The van der Waals surface area contributed by atoms with Crippen LogP contribution in [0.4, 0.5) is 8.78 Å². The van der Waals surface area contributed by atoms with Gasteiger partial charge < -0.3 is 15.2 Å². The highest BCUT2D eigenvalue weighted by Crippen LogP contribution is 2.41. The maximum absolute atomic E-state index is 13.2. The smallest absolute Gasteiger partial charge is 0.349 e. The van der Waals surface area contributed by atoms with Crippen LogP contribution in [0.3, 0.4) is 0 Å². The highest BCUT2D eigenvalue weighted by molar-refractivity contribution is 7.89. The number of carbonyl (C=O) groups excluding carboxylic acids is 1. The molecule has 41 heavy (non-hydrogen) atoms. The zero-order chi connectivity index (χ0) is 29.7. The van der Waals surface area contributed by atoms with Gasteiger partial charge in [-0.25, -0.2) is 22.0 Å². The highest BCUT2D eigenvalue weighted by Gasteiger charge is 2.53. The van der Waals surface area contributed by atoms with E-state index >= 15 is 0 Å².